The standard InChI is InChI=1S/C15H19N3O/c1-3-19-14-6-4-5-13(15(14)16)18(2)11-12-7-9-17-10-8-12/h4-10H,3,11,16H2,1-2H3. The zero-order valence-corrected chi connectivity index (χ0v) is 11.3. The van der Waals surface area contributed by atoms with Gasteiger partial charge < -0.3 is 15.4 Å². The molecule has 0 amide bonds. The molecule has 0 aliphatic rings. The largest absolute Gasteiger partial charge is 0.492 e. The molecule has 1 heterocycles. The second kappa shape index (κ2) is 6.09. The van der Waals surface area contributed by atoms with Crippen LogP contribution in [-0.4, -0.2) is 18.6 Å². The van der Waals surface area contributed by atoms with Crippen LogP contribution in [0.25, 0.3) is 0 Å². The summed E-state index contributed by atoms with van der Waals surface area (Å²) in [5.41, 5.74) is 8.99. The van der Waals surface area contributed by atoms with Crippen molar-refractivity contribution in [2.24, 2.45) is 0 Å². The van der Waals surface area contributed by atoms with Gasteiger partial charge in [-0.3, -0.25) is 4.98 Å². The molecule has 0 saturated heterocycles. The van der Waals surface area contributed by atoms with E-state index in [9.17, 15) is 0 Å². The Bertz CT molecular complexity index is 528. The van der Waals surface area contributed by atoms with E-state index in [4.69, 9.17) is 10.5 Å². The predicted octanol–water partition coefficient (Wildman–Crippen LogP) is 2.70. The van der Waals surface area contributed by atoms with E-state index in [1.165, 1.54) is 5.56 Å². The van der Waals surface area contributed by atoms with Gasteiger partial charge in [0, 0.05) is 26.0 Å². The number of benzene rings is 1. The number of nitrogens with zero attached hydrogens (tertiary/aromatic N) is 2. The zero-order chi connectivity index (χ0) is 13.7. The quantitative estimate of drug-likeness (QED) is 0.837. The number of hydrogen-bond acceptors (Lipinski definition) is 4. The molecule has 0 fully saturated rings. The first kappa shape index (κ1) is 13.2. The van der Waals surface area contributed by atoms with Gasteiger partial charge in [-0.25, -0.2) is 0 Å². The lowest BCUT2D eigenvalue weighted by Gasteiger charge is -2.22. The molecule has 1 aromatic heterocycles. The molecule has 0 bridgehead atoms. The van der Waals surface area contributed by atoms with Crippen molar-refractivity contribution in [3.8, 4) is 5.75 Å². The summed E-state index contributed by atoms with van der Waals surface area (Å²) >= 11 is 0. The Labute approximate surface area is 113 Å². The lowest BCUT2D eigenvalue weighted by atomic mass is 10.2. The Hall–Kier alpha value is -2.23. The van der Waals surface area contributed by atoms with Gasteiger partial charge in [-0.05, 0) is 36.8 Å². The molecule has 0 aliphatic carbocycles. The zero-order valence-electron chi connectivity index (χ0n) is 11.3. The number of hydrogen-bond donors (Lipinski definition) is 1. The fraction of sp³-hybridized carbons (Fsp3) is 0.267. The third kappa shape index (κ3) is 3.16. The number of nitrogens with two attached hydrogens (primary N) is 1. The van der Waals surface area contributed by atoms with Crippen molar-refractivity contribution >= 4 is 11.4 Å². The number of nitrogen functional groups attached to an aromatic ring is 1. The summed E-state index contributed by atoms with van der Waals surface area (Å²) in [6.07, 6.45) is 3.59. The highest BCUT2D eigenvalue weighted by atomic mass is 16.5. The second-order valence-corrected chi connectivity index (χ2v) is 4.33. The van der Waals surface area contributed by atoms with Crippen molar-refractivity contribution in [2.75, 3.05) is 24.3 Å². The molecule has 2 aromatic rings. The van der Waals surface area contributed by atoms with Crippen molar-refractivity contribution in [1.29, 1.82) is 0 Å². The number of anilines is 2. The summed E-state index contributed by atoms with van der Waals surface area (Å²) in [6, 6.07) is 9.85. The van der Waals surface area contributed by atoms with Crippen LogP contribution in [-0.2, 0) is 6.54 Å². The van der Waals surface area contributed by atoms with Crippen molar-refractivity contribution in [3.63, 3.8) is 0 Å². The van der Waals surface area contributed by atoms with Crippen LogP contribution in [0.4, 0.5) is 11.4 Å². The molecule has 2 N–H and O–H groups in total. The van der Waals surface area contributed by atoms with Gasteiger partial charge in [-0.2, -0.15) is 0 Å². The smallest absolute Gasteiger partial charge is 0.144 e. The normalized spacial score (nSPS) is 10.2. The first-order valence-corrected chi connectivity index (χ1v) is 6.33. The number of pyridine rings is 1. The second-order valence-electron chi connectivity index (χ2n) is 4.33. The summed E-state index contributed by atoms with van der Waals surface area (Å²) in [4.78, 5) is 6.12. The first-order valence-electron chi connectivity index (χ1n) is 6.33. The highest BCUT2D eigenvalue weighted by molar-refractivity contribution is 5.73. The fourth-order valence-corrected chi connectivity index (χ4v) is 1.99. The molecule has 0 saturated carbocycles. The van der Waals surface area contributed by atoms with E-state index in [0.29, 0.717) is 12.3 Å². The Kier molecular flexibility index (Phi) is 4.23. The maximum atomic E-state index is 6.14. The maximum absolute atomic E-state index is 6.14. The van der Waals surface area contributed by atoms with Gasteiger partial charge in [-0.1, -0.05) is 6.07 Å². The summed E-state index contributed by atoms with van der Waals surface area (Å²) in [7, 11) is 2.02. The molecule has 0 spiro atoms. The van der Waals surface area contributed by atoms with Crippen LogP contribution in [0.1, 0.15) is 12.5 Å². The molecule has 0 atom stereocenters. The topological polar surface area (TPSA) is 51.4 Å². The average Bonchev–Trinajstić information content (AvgIpc) is 2.42. The Morgan fingerprint density at radius 2 is 1.95 bits per heavy atom. The molecule has 2 rings (SSSR count). The molecule has 19 heavy (non-hydrogen) atoms. The van der Waals surface area contributed by atoms with Crippen molar-refractivity contribution in [3.05, 3.63) is 48.3 Å². The lowest BCUT2D eigenvalue weighted by Crippen LogP contribution is -2.18. The van der Waals surface area contributed by atoms with Gasteiger partial charge in [0.05, 0.1) is 18.0 Å². The SMILES string of the molecule is CCOc1cccc(N(C)Cc2ccncc2)c1N. The van der Waals surface area contributed by atoms with Crippen LogP contribution in [0.2, 0.25) is 0 Å². The Balaban J connectivity index is 2.19. The minimum atomic E-state index is 0.613. The van der Waals surface area contributed by atoms with Crippen molar-refractivity contribution in [2.45, 2.75) is 13.5 Å². The number of para-hydroxylation sites is 1. The molecule has 0 aliphatic heterocycles. The van der Waals surface area contributed by atoms with E-state index in [1.54, 1.807) is 12.4 Å². The summed E-state index contributed by atoms with van der Waals surface area (Å²) in [6.45, 7) is 3.34. The number of rotatable bonds is 5. The first-order chi connectivity index (χ1) is 9.22. The van der Waals surface area contributed by atoms with E-state index in [0.717, 1.165) is 18.0 Å². The van der Waals surface area contributed by atoms with E-state index in [1.807, 2.05) is 44.3 Å². The van der Waals surface area contributed by atoms with E-state index in [2.05, 4.69) is 9.88 Å². The average molecular weight is 257 g/mol. The summed E-state index contributed by atoms with van der Waals surface area (Å²) in [5, 5.41) is 0. The van der Waals surface area contributed by atoms with Crippen LogP contribution in [0.3, 0.4) is 0 Å². The third-order valence-electron chi connectivity index (χ3n) is 2.92. The highest BCUT2D eigenvalue weighted by Gasteiger charge is 2.10. The van der Waals surface area contributed by atoms with E-state index < -0.39 is 0 Å². The lowest BCUT2D eigenvalue weighted by molar-refractivity contribution is 0.342. The van der Waals surface area contributed by atoms with Gasteiger partial charge in [0.25, 0.3) is 0 Å². The molecular weight excluding hydrogens is 238 g/mol. The van der Waals surface area contributed by atoms with Crippen LogP contribution in [0.15, 0.2) is 42.7 Å². The van der Waals surface area contributed by atoms with Crippen LogP contribution in [0.5, 0.6) is 5.75 Å². The predicted molar refractivity (Wildman–Crippen MR) is 78.4 cm³/mol. The third-order valence-corrected chi connectivity index (χ3v) is 2.92. The molecule has 4 heteroatoms. The Morgan fingerprint density at radius 3 is 2.63 bits per heavy atom. The maximum Gasteiger partial charge on any atom is 0.144 e. The van der Waals surface area contributed by atoms with Gasteiger partial charge in [0.2, 0.25) is 0 Å². The minimum Gasteiger partial charge on any atom is -0.492 e. The molecule has 1 aromatic carbocycles. The minimum absolute atomic E-state index is 0.613. The van der Waals surface area contributed by atoms with Crippen LogP contribution >= 0.6 is 0 Å². The number of aromatic nitrogens is 1. The molecule has 0 radical (unpaired) electrons. The van der Waals surface area contributed by atoms with Crippen molar-refractivity contribution in [1.82, 2.24) is 4.98 Å². The highest BCUT2D eigenvalue weighted by Crippen LogP contribution is 2.32. The van der Waals surface area contributed by atoms with Gasteiger partial charge in [0.15, 0.2) is 0 Å². The van der Waals surface area contributed by atoms with E-state index in [-0.39, 0.29) is 0 Å². The Morgan fingerprint density at radius 1 is 1.21 bits per heavy atom. The van der Waals surface area contributed by atoms with Crippen LogP contribution < -0.4 is 15.4 Å². The molecule has 0 unspecified atom stereocenters. The van der Waals surface area contributed by atoms with Gasteiger partial charge >= 0.3 is 0 Å². The molecule has 4 nitrogen and oxygen atoms in total. The van der Waals surface area contributed by atoms with Crippen LogP contribution in [0, 0.1) is 0 Å². The van der Waals surface area contributed by atoms with Crippen molar-refractivity contribution < 1.29 is 4.74 Å². The van der Waals surface area contributed by atoms with E-state index >= 15 is 0 Å². The summed E-state index contributed by atoms with van der Waals surface area (Å²) in [5.74, 6) is 0.738. The van der Waals surface area contributed by atoms with Gasteiger partial charge in [0.1, 0.15) is 5.75 Å². The van der Waals surface area contributed by atoms with Gasteiger partial charge in [-0.15, -0.1) is 0 Å². The monoisotopic (exact) mass is 257 g/mol. The molecular formula is C15H19N3O. The summed E-state index contributed by atoms with van der Waals surface area (Å²) < 4.78 is 5.52. The fourth-order valence-electron chi connectivity index (χ4n) is 1.99. The molecule has 100 valence electrons. The number of ether oxygens (including phenoxy) is 1.